The standard InChI is InChI=1S/C23H22ClN3O3/c1-15-7-10-17(11-8-15)22(29)26-20-12-9-16(2)27(23(20)30)14-21(28)25-13-18-5-3-4-6-19(18)24/h3-12H,13-14H2,1-2H3,(H,25,28)(H,26,29). The lowest BCUT2D eigenvalue weighted by atomic mass is 10.1. The Bertz CT molecular complexity index is 1140. The molecule has 7 heteroatoms. The molecule has 2 N–H and O–H groups in total. The van der Waals surface area contributed by atoms with Crippen molar-refractivity contribution in [3.63, 3.8) is 0 Å². The number of aromatic nitrogens is 1. The molecule has 154 valence electrons. The number of amides is 2. The normalized spacial score (nSPS) is 10.5. The second-order valence-electron chi connectivity index (χ2n) is 6.97. The average molecular weight is 424 g/mol. The molecule has 3 aromatic rings. The van der Waals surface area contributed by atoms with Gasteiger partial charge in [0.15, 0.2) is 0 Å². The van der Waals surface area contributed by atoms with Crippen molar-refractivity contribution in [3.8, 4) is 0 Å². The Morgan fingerprint density at radius 1 is 0.967 bits per heavy atom. The summed E-state index contributed by atoms with van der Waals surface area (Å²) in [4.78, 5) is 37.6. The lowest BCUT2D eigenvalue weighted by Crippen LogP contribution is -2.34. The number of nitrogens with zero attached hydrogens (tertiary/aromatic N) is 1. The molecule has 0 saturated carbocycles. The largest absolute Gasteiger partial charge is 0.350 e. The molecule has 0 unspecified atom stereocenters. The van der Waals surface area contributed by atoms with Crippen LogP contribution in [0.15, 0.2) is 65.5 Å². The fourth-order valence-corrected chi connectivity index (χ4v) is 3.10. The molecular formula is C23H22ClN3O3. The van der Waals surface area contributed by atoms with Gasteiger partial charge in [-0.2, -0.15) is 0 Å². The topological polar surface area (TPSA) is 80.2 Å². The summed E-state index contributed by atoms with van der Waals surface area (Å²) in [5.74, 6) is -0.715. The number of rotatable bonds is 6. The van der Waals surface area contributed by atoms with Crippen LogP contribution in [0.2, 0.25) is 5.02 Å². The number of nitrogens with one attached hydrogen (secondary N) is 2. The Morgan fingerprint density at radius 3 is 2.37 bits per heavy atom. The highest BCUT2D eigenvalue weighted by Gasteiger charge is 2.13. The lowest BCUT2D eigenvalue weighted by molar-refractivity contribution is -0.121. The van der Waals surface area contributed by atoms with E-state index in [4.69, 9.17) is 11.6 Å². The molecule has 1 heterocycles. The van der Waals surface area contributed by atoms with Gasteiger partial charge in [0.2, 0.25) is 5.91 Å². The fourth-order valence-electron chi connectivity index (χ4n) is 2.90. The van der Waals surface area contributed by atoms with E-state index in [2.05, 4.69) is 10.6 Å². The molecule has 0 radical (unpaired) electrons. The van der Waals surface area contributed by atoms with Gasteiger partial charge in [0.1, 0.15) is 12.2 Å². The van der Waals surface area contributed by atoms with Gasteiger partial charge in [-0.3, -0.25) is 14.4 Å². The summed E-state index contributed by atoms with van der Waals surface area (Å²) < 4.78 is 1.33. The third-order valence-corrected chi connectivity index (χ3v) is 5.06. The summed E-state index contributed by atoms with van der Waals surface area (Å²) in [7, 11) is 0. The van der Waals surface area contributed by atoms with E-state index < -0.39 is 5.56 Å². The second-order valence-corrected chi connectivity index (χ2v) is 7.38. The third-order valence-electron chi connectivity index (χ3n) is 4.69. The molecule has 0 aliphatic rings. The summed E-state index contributed by atoms with van der Waals surface area (Å²) >= 11 is 6.10. The average Bonchev–Trinajstić information content (AvgIpc) is 2.73. The Balaban J connectivity index is 1.71. The van der Waals surface area contributed by atoms with Crippen LogP contribution in [-0.4, -0.2) is 16.4 Å². The Kier molecular flexibility index (Phi) is 6.69. The van der Waals surface area contributed by atoms with Crippen LogP contribution in [0.1, 0.15) is 27.2 Å². The van der Waals surface area contributed by atoms with Gasteiger partial charge in [0.05, 0.1) is 0 Å². The lowest BCUT2D eigenvalue weighted by Gasteiger charge is -2.13. The number of benzene rings is 2. The van der Waals surface area contributed by atoms with Gasteiger partial charge in [0.25, 0.3) is 11.5 Å². The Morgan fingerprint density at radius 2 is 1.67 bits per heavy atom. The fraction of sp³-hybridized carbons (Fsp3) is 0.174. The number of hydrogen-bond acceptors (Lipinski definition) is 3. The zero-order valence-corrected chi connectivity index (χ0v) is 17.5. The molecule has 6 nitrogen and oxygen atoms in total. The van der Waals surface area contributed by atoms with E-state index in [9.17, 15) is 14.4 Å². The molecule has 0 aliphatic carbocycles. The van der Waals surface area contributed by atoms with Crippen molar-refractivity contribution >= 4 is 29.1 Å². The third kappa shape index (κ3) is 5.15. The highest BCUT2D eigenvalue weighted by Crippen LogP contribution is 2.14. The van der Waals surface area contributed by atoms with Gasteiger partial charge in [0, 0.05) is 22.8 Å². The first-order valence-corrected chi connectivity index (χ1v) is 9.81. The van der Waals surface area contributed by atoms with Gasteiger partial charge in [-0.1, -0.05) is 47.5 Å². The molecule has 3 rings (SSSR count). The van der Waals surface area contributed by atoms with Crippen molar-refractivity contribution in [2.24, 2.45) is 0 Å². The van der Waals surface area contributed by atoms with Gasteiger partial charge in [-0.05, 0) is 49.7 Å². The van der Waals surface area contributed by atoms with Crippen LogP contribution in [0.25, 0.3) is 0 Å². The smallest absolute Gasteiger partial charge is 0.274 e. The summed E-state index contributed by atoms with van der Waals surface area (Å²) in [5, 5.41) is 5.96. The highest BCUT2D eigenvalue weighted by molar-refractivity contribution is 6.31. The van der Waals surface area contributed by atoms with Crippen molar-refractivity contribution in [2.75, 3.05) is 5.32 Å². The quantitative estimate of drug-likeness (QED) is 0.634. The molecule has 0 bridgehead atoms. The van der Waals surface area contributed by atoms with Crippen molar-refractivity contribution < 1.29 is 9.59 Å². The van der Waals surface area contributed by atoms with Gasteiger partial charge in [-0.25, -0.2) is 0 Å². The summed E-state index contributed by atoms with van der Waals surface area (Å²) in [6.07, 6.45) is 0. The van der Waals surface area contributed by atoms with E-state index >= 15 is 0 Å². The van der Waals surface area contributed by atoms with Crippen LogP contribution in [0.5, 0.6) is 0 Å². The Labute approximate surface area is 179 Å². The SMILES string of the molecule is Cc1ccc(C(=O)Nc2ccc(C)n(CC(=O)NCc3ccccc3Cl)c2=O)cc1. The van der Waals surface area contributed by atoms with E-state index in [0.29, 0.717) is 16.3 Å². The van der Waals surface area contributed by atoms with Crippen molar-refractivity contribution in [2.45, 2.75) is 26.9 Å². The minimum Gasteiger partial charge on any atom is -0.350 e. The summed E-state index contributed by atoms with van der Waals surface area (Å²) in [6, 6.07) is 17.5. The molecule has 30 heavy (non-hydrogen) atoms. The van der Waals surface area contributed by atoms with Crippen LogP contribution in [-0.2, 0) is 17.9 Å². The molecular weight excluding hydrogens is 402 g/mol. The van der Waals surface area contributed by atoms with Crippen molar-refractivity contribution in [1.82, 2.24) is 9.88 Å². The molecule has 0 atom stereocenters. The maximum absolute atomic E-state index is 12.8. The molecule has 0 spiro atoms. The molecule has 2 amide bonds. The highest BCUT2D eigenvalue weighted by atomic mass is 35.5. The number of anilines is 1. The monoisotopic (exact) mass is 423 g/mol. The zero-order valence-electron chi connectivity index (χ0n) is 16.7. The van der Waals surface area contributed by atoms with Gasteiger partial charge >= 0.3 is 0 Å². The van der Waals surface area contributed by atoms with Gasteiger partial charge < -0.3 is 15.2 Å². The van der Waals surface area contributed by atoms with Crippen LogP contribution in [0.4, 0.5) is 5.69 Å². The minimum atomic E-state index is -0.441. The number of carbonyl (C=O) groups is 2. The van der Waals surface area contributed by atoms with Crippen LogP contribution in [0, 0.1) is 13.8 Å². The number of pyridine rings is 1. The number of aryl methyl sites for hydroxylation is 2. The molecule has 0 saturated heterocycles. The van der Waals surface area contributed by atoms with Crippen LogP contribution < -0.4 is 16.2 Å². The van der Waals surface area contributed by atoms with Crippen molar-refractivity contribution in [3.05, 3.63) is 98.4 Å². The molecule has 2 aromatic carbocycles. The van der Waals surface area contributed by atoms with E-state index in [1.165, 1.54) is 4.57 Å². The predicted octanol–water partition coefficient (Wildman–Crippen LogP) is 3.69. The minimum absolute atomic E-state index is 0.116. The first kappa shape index (κ1) is 21.3. The number of halogens is 1. The van der Waals surface area contributed by atoms with Gasteiger partial charge in [-0.15, -0.1) is 0 Å². The van der Waals surface area contributed by atoms with Crippen molar-refractivity contribution in [1.29, 1.82) is 0 Å². The second kappa shape index (κ2) is 9.41. The predicted molar refractivity (Wildman–Crippen MR) is 118 cm³/mol. The molecule has 0 fully saturated rings. The maximum Gasteiger partial charge on any atom is 0.274 e. The first-order chi connectivity index (χ1) is 14.3. The zero-order chi connectivity index (χ0) is 21.7. The molecule has 1 aromatic heterocycles. The summed E-state index contributed by atoms with van der Waals surface area (Å²) in [6.45, 7) is 3.75. The van der Waals surface area contributed by atoms with E-state index in [0.717, 1.165) is 11.1 Å². The van der Waals surface area contributed by atoms with Crippen LogP contribution >= 0.6 is 11.6 Å². The van der Waals surface area contributed by atoms with Crippen LogP contribution in [0.3, 0.4) is 0 Å². The maximum atomic E-state index is 12.8. The van der Waals surface area contributed by atoms with E-state index in [-0.39, 0.29) is 30.6 Å². The summed E-state index contributed by atoms with van der Waals surface area (Å²) in [5.41, 5.74) is 2.56. The Hall–Kier alpha value is -3.38. The molecule has 0 aliphatic heterocycles. The van der Waals surface area contributed by atoms with E-state index in [1.54, 1.807) is 37.3 Å². The number of carbonyl (C=O) groups excluding carboxylic acids is 2. The van der Waals surface area contributed by atoms with E-state index in [1.807, 2.05) is 37.3 Å². The number of hydrogen-bond donors (Lipinski definition) is 2. The first-order valence-electron chi connectivity index (χ1n) is 9.43.